The fourth-order valence-electron chi connectivity index (χ4n) is 3.61. The van der Waals surface area contributed by atoms with E-state index in [0.717, 1.165) is 30.2 Å². The first-order chi connectivity index (χ1) is 12.8. The largest absolute Gasteiger partial charge is 0.416 e. The Morgan fingerprint density at radius 3 is 2.44 bits per heavy atom. The molecule has 1 unspecified atom stereocenters. The van der Waals surface area contributed by atoms with E-state index >= 15 is 0 Å². The highest BCUT2D eigenvalue weighted by Crippen LogP contribution is 2.46. The van der Waals surface area contributed by atoms with Crippen LogP contribution < -0.4 is 0 Å². The Bertz CT molecular complexity index is 853. The molecular weight excluding hydrogens is 353 g/mol. The minimum absolute atomic E-state index is 0.140. The lowest BCUT2D eigenvalue weighted by molar-refractivity contribution is -0.137. The summed E-state index contributed by atoms with van der Waals surface area (Å²) in [5.41, 5.74) is 1.29. The Kier molecular flexibility index (Phi) is 5.27. The minimum atomic E-state index is -4.38. The van der Waals surface area contributed by atoms with Crippen LogP contribution in [0.3, 0.4) is 0 Å². The predicted molar refractivity (Wildman–Crippen MR) is 96.0 cm³/mol. The normalized spacial score (nSPS) is 19.1. The molecule has 0 fully saturated rings. The van der Waals surface area contributed by atoms with Gasteiger partial charge in [-0.05, 0) is 74.4 Å². The summed E-state index contributed by atoms with van der Waals surface area (Å²) < 4.78 is 45.4. The Labute approximate surface area is 157 Å². The van der Waals surface area contributed by atoms with Gasteiger partial charge < -0.3 is 9.64 Å². The lowest BCUT2D eigenvalue weighted by atomic mass is 9.81. The van der Waals surface area contributed by atoms with Gasteiger partial charge in [-0.25, -0.2) is 0 Å². The molecule has 27 heavy (non-hydrogen) atoms. The Hall–Kier alpha value is -2.36. The summed E-state index contributed by atoms with van der Waals surface area (Å²) in [4.78, 5) is 2.06. The van der Waals surface area contributed by atoms with Crippen molar-refractivity contribution in [1.29, 1.82) is 5.26 Å². The maximum absolute atomic E-state index is 13.1. The van der Waals surface area contributed by atoms with E-state index in [2.05, 4.69) is 11.0 Å². The minimum Gasteiger partial charge on any atom is -0.361 e. The maximum Gasteiger partial charge on any atom is 0.416 e. The van der Waals surface area contributed by atoms with Gasteiger partial charge in [0.25, 0.3) is 0 Å². The van der Waals surface area contributed by atoms with Gasteiger partial charge in [0.2, 0.25) is 0 Å². The van der Waals surface area contributed by atoms with Crippen molar-refractivity contribution in [3.05, 3.63) is 70.3 Å². The summed E-state index contributed by atoms with van der Waals surface area (Å²) in [6.07, 6.45) is -2.90. The second-order valence-electron chi connectivity index (χ2n) is 7.08. The van der Waals surface area contributed by atoms with Crippen molar-refractivity contribution in [2.24, 2.45) is 0 Å². The van der Waals surface area contributed by atoms with Gasteiger partial charge >= 0.3 is 6.18 Å². The monoisotopic (exact) mass is 374 g/mol. The summed E-state index contributed by atoms with van der Waals surface area (Å²) in [6, 6.07) is 13.0. The molecule has 0 N–H and O–H groups in total. The molecule has 0 bridgehead atoms. The number of fused-ring (bicyclic) bond motifs is 1. The van der Waals surface area contributed by atoms with E-state index in [-0.39, 0.29) is 6.61 Å². The molecule has 0 spiro atoms. The summed E-state index contributed by atoms with van der Waals surface area (Å²) in [5.74, 6) is 0. The Morgan fingerprint density at radius 1 is 1.15 bits per heavy atom. The van der Waals surface area contributed by atoms with Crippen LogP contribution in [0.15, 0.2) is 42.5 Å². The zero-order chi connectivity index (χ0) is 19.7. The van der Waals surface area contributed by atoms with E-state index in [1.54, 1.807) is 18.2 Å². The molecule has 0 aliphatic carbocycles. The van der Waals surface area contributed by atoms with Gasteiger partial charge in [-0.3, -0.25) is 0 Å². The van der Waals surface area contributed by atoms with Gasteiger partial charge in [0.1, 0.15) is 5.60 Å². The average Bonchev–Trinajstić information content (AvgIpc) is 3.00. The first kappa shape index (κ1) is 19.4. The van der Waals surface area contributed by atoms with Gasteiger partial charge in [-0.2, -0.15) is 18.4 Å². The number of benzene rings is 2. The molecule has 3 nitrogen and oxygen atoms in total. The van der Waals surface area contributed by atoms with Crippen LogP contribution in [0.25, 0.3) is 0 Å². The smallest absolute Gasteiger partial charge is 0.361 e. The van der Waals surface area contributed by atoms with Gasteiger partial charge in [-0.15, -0.1) is 0 Å². The molecule has 0 aromatic heterocycles. The molecule has 1 atom stereocenters. The standard InChI is InChI=1S/C21H21F3N2O/c1-26(2)11-3-10-20(17-6-4-15(13-25)5-7-17)19-9-8-18(21(22,23)24)12-16(19)14-27-20/h4-9,12H,3,10-11,14H2,1-2H3. The van der Waals surface area contributed by atoms with Crippen LogP contribution in [0.1, 0.15) is 40.7 Å². The van der Waals surface area contributed by atoms with Crippen molar-refractivity contribution in [3.63, 3.8) is 0 Å². The van der Waals surface area contributed by atoms with Crippen molar-refractivity contribution < 1.29 is 17.9 Å². The topological polar surface area (TPSA) is 36.3 Å². The first-order valence-electron chi connectivity index (χ1n) is 8.76. The Morgan fingerprint density at radius 2 is 1.85 bits per heavy atom. The highest BCUT2D eigenvalue weighted by atomic mass is 19.4. The molecule has 6 heteroatoms. The van der Waals surface area contributed by atoms with Crippen molar-refractivity contribution in [3.8, 4) is 6.07 Å². The fraction of sp³-hybridized carbons (Fsp3) is 0.381. The van der Waals surface area contributed by atoms with Crippen LogP contribution in [0.4, 0.5) is 13.2 Å². The van der Waals surface area contributed by atoms with Gasteiger partial charge in [0.15, 0.2) is 0 Å². The number of rotatable bonds is 5. The molecule has 2 aromatic carbocycles. The number of nitrogens with zero attached hydrogens (tertiary/aromatic N) is 2. The summed E-state index contributed by atoms with van der Waals surface area (Å²) in [6.45, 7) is 0.985. The van der Waals surface area contributed by atoms with Crippen molar-refractivity contribution in [1.82, 2.24) is 4.90 Å². The van der Waals surface area contributed by atoms with E-state index in [1.165, 1.54) is 6.07 Å². The molecule has 2 aromatic rings. The lowest BCUT2D eigenvalue weighted by Crippen LogP contribution is -2.28. The molecule has 1 aliphatic rings. The first-order valence-corrected chi connectivity index (χ1v) is 8.76. The zero-order valence-electron chi connectivity index (χ0n) is 15.3. The van der Waals surface area contributed by atoms with Crippen LogP contribution in [0, 0.1) is 11.3 Å². The van der Waals surface area contributed by atoms with Crippen molar-refractivity contribution in [2.45, 2.75) is 31.2 Å². The highest BCUT2D eigenvalue weighted by molar-refractivity contribution is 5.47. The molecule has 1 heterocycles. The van der Waals surface area contributed by atoms with Crippen LogP contribution >= 0.6 is 0 Å². The molecular formula is C21H21F3N2O. The number of hydrogen-bond acceptors (Lipinski definition) is 3. The number of alkyl halides is 3. The average molecular weight is 374 g/mol. The zero-order valence-corrected chi connectivity index (χ0v) is 15.3. The molecule has 0 amide bonds. The molecule has 142 valence electrons. The number of halogens is 3. The maximum atomic E-state index is 13.1. The van der Waals surface area contributed by atoms with E-state index in [9.17, 15) is 13.2 Å². The third kappa shape index (κ3) is 3.85. The van der Waals surface area contributed by atoms with Crippen molar-refractivity contribution in [2.75, 3.05) is 20.6 Å². The number of nitriles is 1. The van der Waals surface area contributed by atoms with E-state index in [4.69, 9.17) is 10.00 Å². The molecule has 3 rings (SSSR count). The van der Waals surface area contributed by atoms with Gasteiger partial charge in [-0.1, -0.05) is 18.2 Å². The molecule has 0 radical (unpaired) electrons. The van der Waals surface area contributed by atoms with E-state index in [1.807, 2.05) is 26.2 Å². The van der Waals surface area contributed by atoms with Crippen molar-refractivity contribution >= 4 is 0 Å². The van der Waals surface area contributed by atoms with Crippen LogP contribution in [0.2, 0.25) is 0 Å². The second kappa shape index (κ2) is 7.34. The lowest BCUT2D eigenvalue weighted by Gasteiger charge is -2.31. The second-order valence-corrected chi connectivity index (χ2v) is 7.08. The summed E-state index contributed by atoms with van der Waals surface area (Å²) in [5, 5.41) is 9.03. The predicted octanol–water partition coefficient (Wildman–Crippen LogP) is 4.69. The van der Waals surface area contributed by atoms with Crippen LogP contribution in [-0.2, 0) is 23.1 Å². The third-order valence-electron chi connectivity index (χ3n) is 4.96. The third-order valence-corrected chi connectivity index (χ3v) is 4.96. The van der Waals surface area contributed by atoms with Crippen LogP contribution in [0.5, 0.6) is 0 Å². The summed E-state index contributed by atoms with van der Waals surface area (Å²) in [7, 11) is 3.96. The quantitative estimate of drug-likeness (QED) is 0.762. The van der Waals surface area contributed by atoms with Crippen LogP contribution in [-0.4, -0.2) is 25.5 Å². The molecule has 0 saturated carbocycles. The number of hydrogen-bond donors (Lipinski definition) is 0. The molecule has 1 aliphatic heterocycles. The number of ether oxygens (including phenoxy) is 1. The highest BCUT2D eigenvalue weighted by Gasteiger charge is 2.42. The Balaban J connectivity index is 2.03. The fourth-order valence-corrected chi connectivity index (χ4v) is 3.61. The van der Waals surface area contributed by atoms with E-state index in [0.29, 0.717) is 17.5 Å². The van der Waals surface area contributed by atoms with E-state index < -0.39 is 17.3 Å². The SMILES string of the molecule is CN(C)CCCC1(c2ccc(C#N)cc2)OCc2cc(C(F)(F)F)ccc21. The van der Waals surface area contributed by atoms with Gasteiger partial charge in [0.05, 0.1) is 23.8 Å². The molecule has 0 saturated heterocycles. The van der Waals surface area contributed by atoms with Gasteiger partial charge in [0, 0.05) is 0 Å². The summed E-state index contributed by atoms with van der Waals surface area (Å²) >= 11 is 0.